The van der Waals surface area contributed by atoms with Crippen molar-refractivity contribution in [3.63, 3.8) is 0 Å². The van der Waals surface area contributed by atoms with Crippen molar-refractivity contribution in [3.05, 3.63) is 142 Å². The van der Waals surface area contributed by atoms with E-state index in [0.29, 0.717) is 0 Å². The van der Waals surface area contributed by atoms with Gasteiger partial charge in [0.25, 0.3) is 0 Å². The molecule has 1 saturated carbocycles. The van der Waals surface area contributed by atoms with Gasteiger partial charge in [-0.25, -0.2) is 0 Å². The summed E-state index contributed by atoms with van der Waals surface area (Å²) < 4.78 is 0.979. The Bertz CT molecular complexity index is 1110. The lowest BCUT2D eigenvalue weighted by Gasteiger charge is -2.20. The Labute approximate surface area is 185 Å². The monoisotopic (exact) mass is 452 g/mol. The van der Waals surface area contributed by atoms with Crippen LogP contribution in [-0.2, 0) is 5.41 Å². The summed E-state index contributed by atoms with van der Waals surface area (Å²) in [7, 11) is 0. The van der Waals surface area contributed by atoms with Crippen LogP contribution in [0.15, 0.2) is 120 Å². The summed E-state index contributed by atoms with van der Waals surface area (Å²) >= 11 is 3.48. The Balaban J connectivity index is 1.72. The van der Waals surface area contributed by atoms with Gasteiger partial charge >= 0.3 is 0 Å². The Morgan fingerprint density at radius 3 is 1.60 bits per heavy atom. The van der Waals surface area contributed by atoms with Crippen molar-refractivity contribution in [1.82, 2.24) is 0 Å². The Morgan fingerprint density at radius 2 is 1.10 bits per heavy atom. The molecule has 1 nitrogen and oxygen atoms in total. The van der Waals surface area contributed by atoms with E-state index < -0.39 is 0 Å². The zero-order valence-electron chi connectivity index (χ0n) is 16.4. The molecule has 2 heteroatoms. The normalized spacial score (nSPS) is 19.2. The maximum Gasteiger partial charge on any atom is 0.167 e. The molecule has 0 bridgehead atoms. The van der Waals surface area contributed by atoms with Gasteiger partial charge in [-0.15, -0.1) is 0 Å². The molecule has 4 aromatic carbocycles. The first-order valence-corrected chi connectivity index (χ1v) is 11.0. The van der Waals surface area contributed by atoms with Gasteiger partial charge in [-0.2, -0.15) is 0 Å². The predicted molar refractivity (Wildman–Crippen MR) is 125 cm³/mol. The highest BCUT2D eigenvalue weighted by molar-refractivity contribution is 9.10. The maximum atomic E-state index is 13.8. The molecule has 1 fully saturated rings. The van der Waals surface area contributed by atoms with E-state index in [1.807, 2.05) is 42.5 Å². The predicted octanol–water partition coefficient (Wildman–Crippen LogP) is 7.03. The molecule has 1 aliphatic rings. The van der Waals surface area contributed by atoms with Crippen LogP contribution in [0, 0.1) is 5.92 Å². The molecule has 1 aliphatic carbocycles. The fourth-order valence-corrected chi connectivity index (χ4v) is 5.23. The van der Waals surface area contributed by atoms with Gasteiger partial charge in [0.15, 0.2) is 5.78 Å². The summed E-state index contributed by atoms with van der Waals surface area (Å²) in [5.41, 5.74) is 3.99. The average molecular weight is 453 g/mol. The van der Waals surface area contributed by atoms with Crippen LogP contribution in [0.1, 0.15) is 33.0 Å². The zero-order chi connectivity index (χ0) is 20.6. The second-order valence-corrected chi connectivity index (χ2v) is 8.75. The molecule has 0 N–H and O–H groups in total. The number of benzene rings is 4. The highest BCUT2D eigenvalue weighted by Gasteiger charge is 2.69. The summed E-state index contributed by atoms with van der Waals surface area (Å²) in [6.45, 7) is 0. The Kier molecular flexibility index (Phi) is 4.88. The van der Waals surface area contributed by atoms with Crippen LogP contribution in [0.4, 0.5) is 0 Å². The molecule has 0 spiro atoms. The third kappa shape index (κ3) is 3.03. The van der Waals surface area contributed by atoms with E-state index in [2.05, 4.69) is 88.7 Å². The SMILES string of the molecule is O=C(c1ccc(Br)cc1)[C@@H]1[C@@H](c2ccccc2)C1(c1ccccc1)c1ccccc1. The van der Waals surface area contributed by atoms with Gasteiger partial charge in [0, 0.05) is 27.3 Å². The molecule has 0 heterocycles. The largest absolute Gasteiger partial charge is 0.294 e. The molecule has 0 unspecified atom stereocenters. The van der Waals surface area contributed by atoms with E-state index in [0.717, 1.165) is 10.0 Å². The molecule has 2 atom stereocenters. The molecular weight excluding hydrogens is 432 g/mol. The van der Waals surface area contributed by atoms with E-state index in [4.69, 9.17) is 0 Å². The maximum absolute atomic E-state index is 13.8. The third-order valence-electron chi connectivity index (χ3n) is 6.28. The van der Waals surface area contributed by atoms with Gasteiger partial charge in [0.2, 0.25) is 0 Å². The highest BCUT2D eigenvalue weighted by atomic mass is 79.9. The van der Waals surface area contributed by atoms with Gasteiger partial charge in [-0.3, -0.25) is 4.79 Å². The first kappa shape index (κ1) is 19.0. The van der Waals surface area contributed by atoms with Crippen LogP contribution in [-0.4, -0.2) is 5.78 Å². The molecule has 30 heavy (non-hydrogen) atoms. The second kappa shape index (κ2) is 7.70. The van der Waals surface area contributed by atoms with E-state index in [-0.39, 0.29) is 23.0 Å². The molecule has 0 aliphatic heterocycles. The minimum Gasteiger partial charge on any atom is -0.294 e. The number of ketones is 1. The summed E-state index contributed by atoms with van der Waals surface area (Å²) in [5, 5.41) is 0. The number of halogens is 1. The van der Waals surface area contributed by atoms with E-state index in [9.17, 15) is 4.79 Å². The van der Waals surface area contributed by atoms with Crippen molar-refractivity contribution in [3.8, 4) is 0 Å². The number of carbonyl (C=O) groups is 1. The quantitative estimate of drug-likeness (QED) is 0.297. The number of rotatable bonds is 5. The lowest BCUT2D eigenvalue weighted by Crippen LogP contribution is -2.17. The summed E-state index contributed by atoms with van der Waals surface area (Å²) in [6, 6.07) is 39.2. The minimum absolute atomic E-state index is 0.0969. The van der Waals surface area contributed by atoms with Gasteiger partial charge in [0.1, 0.15) is 0 Å². The van der Waals surface area contributed by atoms with Gasteiger partial charge in [-0.05, 0) is 28.8 Å². The Hall–Kier alpha value is -2.97. The fourth-order valence-electron chi connectivity index (χ4n) is 4.97. The van der Waals surface area contributed by atoms with Crippen molar-refractivity contribution in [2.45, 2.75) is 11.3 Å². The third-order valence-corrected chi connectivity index (χ3v) is 6.81. The smallest absolute Gasteiger partial charge is 0.167 e. The van der Waals surface area contributed by atoms with Crippen LogP contribution in [0.5, 0.6) is 0 Å². The first-order chi connectivity index (χ1) is 14.7. The molecule has 4 aromatic rings. The second-order valence-electron chi connectivity index (χ2n) is 7.84. The number of carbonyl (C=O) groups excluding carboxylic acids is 1. The van der Waals surface area contributed by atoms with E-state index >= 15 is 0 Å². The topological polar surface area (TPSA) is 17.1 Å². The van der Waals surface area contributed by atoms with Crippen molar-refractivity contribution in [2.24, 2.45) is 5.92 Å². The fraction of sp³-hybridized carbons (Fsp3) is 0.107. The summed E-state index contributed by atoms with van der Waals surface area (Å²) in [5.74, 6) is 0.148. The summed E-state index contributed by atoms with van der Waals surface area (Å²) in [4.78, 5) is 13.8. The summed E-state index contributed by atoms with van der Waals surface area (Å²) in [6.07, 6.45) is 0. The Morgan fingerprint density at radius 1 is 0.633 bits per heavy atom. The van der Waals surface area contributed by atoms with Crippen LogP contribution < -0.4 is 0 Å². The molecule has 5 rings (SSSR count). The molecule has 0 amide bonds. The van der Waals surface area contributed by atoms with Gasteiger partial charge < -0.3 is 0 Å². The molecular formula is C28H21BrO. The molecule has 0 aromatic heterocycles. The van der Waals surface area contributed by atoms with Crippen LogP contribution in [0.3, 0.4) is 0 Å². The number of hydrogen-bond acceptors (Lipinski definition) is 1. The van der Waals surface area contributed by atoms with Crippen LogP contribution >= 0.6 is 15.9 Å². The first-order valence-electron chi connectivity index (χ1n) is 10.2. The van der Waals surface area contributed by atoms with Gasteiger partial charge in [-0.1, -0.05) is 119 Å². The molecule has 146 valence electrons. The van der Waals surface area contributed by atoms with Gasteiger partial charge in [0.05, 0.1) is 0 Å². The van der Waals surface area contributed by atoms with Crippen LogP contribution in [0.25, 0.3) is 0 Å². The zero-order valence-corrected chi connectivity index (χ0v) is 18.0. The molecule has 0 saturated heterocycles. The van der Waals surface area contributed by atoms with Crippen LogP contribution in [0.2, 0.25) is 0 Å². The van der Waals surface area contributed by atoms with E-state index in [1.165, 1.54) is 16.7 Å². The number of Topliss-reactive ketones (excluding diaryl/α,β-unsaturated/α-hetero) is 1. The molecule has 0 radical (unpaired) electrons. The van der Waals surface area contributed by atoms with Crippen molar-refractivity contribution < 1.29 is 4.79 Å². The lowest BCUT2D eigenvalue weighted by atomic mass is 9.82. The van der Waals surface area contributed by atoms with E-state index in [1.54, 1.807) is 0 Å². The average Bonchev–Trinajstić information content (AvgIpc) is 3.52. The lowest BCUT2D eigenvalue weighted by molar-refractivity contribution is 0.0958. The van der Waals surface area contributed by atoms with Crippen molar-refractivity contribution in [1.29, 1.82) is 0 Å². The minimum atomic E-state index is -0.367. The van der Waals surface area contributed by atoms with Crippen molar-refractivity contribution >= 4 is 21.7 Å². The number of hydrogen-bond donors (Lipinski definition) is 0. The standard InChI is InChI=1S/C28H21BrO/c29-24-18-16-21(17-19-24)27(30)26-25(20-10-4-1-5-11-20)28(26,22-12-6-2-7-13-22)23-14-8-3-9-15-23/h1-19,25-26H/t25-,26+/m1/s1. The highest BCUT2D eigenvalue weighted by Crippen LogP contribution is 2.69. The van der Waals surface area contributed by atoms with Crippen molar-refractivity contribution in [2.75, 3.05) is 0 Å².